The van der Waals surface area contributed by atoms with Crippen LogP contribution < -0.4 is 9.97 Å². The molecule has 1 aromatic carbocycles. The van der Waals surface area contributed by atoms with Crippen molar-refractivity contribution < 1.29 is 37.9 Å². The second-order valence-electron chi connectivity index (χ2n) is 6.83. The molecule has 0 aliphatic carbocycles. The predicted molar refractivity (Wildman–Crippen MR) is 105 cm³/mol. The molecule has 0 fully saturated rings. The topological polar surface area (TPSA) is 111 Å². The number of amides is 1. The molecule has 1 aliphatic heterocycles. The lowest BCUT2D eigenvalue weighted by Gasteiger charge is -2.30. The van der Waals surface area contributed by atoms with Gasteiger partial charge in [0.05, 0.1) is 17.6 Å². The molecule has 0 bridgehead atoms. The summed E-state index contributed by atoms with van der Waals surface area (Å²) in [5, 5.41) is 12.9. The van der Waals surface area contributed by atoms with Gasteiger partial charge in [-0.25, -0.2) is 9.18 Å². The monoisotopic (exact) mass is 427 g/mol. The van der Waals surface area contributed by atoms with E-state index in [0.29, 0.717) is 5.56 Å². The Bertz CT molecular complexity index is 805. The molecule has 0 spiro atoms. The van der Waals surface area contributed by atoms with Gasteiger partial charge in [0, 0.05) is 5.56 Å². The second kappa shape index (κ2) is 9.97. The van der Waals surface area contributed by atoms with E-state index >= 15 is 0 Å². The van der Waals surface area contributed by atoms with Gasteiger partial charge < -0.3 is 24.5 Å². The molecule has 0 unspecified atom stereocenters. The molecule has 2 rings (SSSR count). The van der Waals surface area contributed by atoms with E-state index in [1.54, 1.807) is 20.1 Å². The van der Waals surface area contributed by atoms with Gasteiger partial charge in [0.2, 0.25) is 12.7 Å². The van der Waals surface area contributed by atoms with Gasteiger partial charge in [0.1, 0.15) is 17.1 Å². The summed E-state index contributed by atoms with van der Waals surface area (Å²) in [6, 6.07) is 1.19. The third-order valence-corrected chi connectivity index (χ3v) is 4.81. The Labute approximate surface area is 172 Å². The number of hydrogen-bond donors (Lipinski definition) is 2. The van der Waals surface area contributed by atoms with Crippen LogP contribution in [0.25, 0.3) is 0 Å². The molecule has 29 heavy (non-hydrogen) atoms. The Hall–Kier alpha value is -2.27. The average molecular weight is 427 g/mol. The van der Waals surface area contributed by atoms with Gasteiger partial charge in [-0.2, -0.15) is 11.8 Å². The molecule has 1 amide bonds. The van der Waals surface area contributed by atoms with Crippen LogP contribution in [0.3, 0.4) is 0 Å². The molecule has 2 N–H and O–H groups in total. The molecule has 0 saturated heterocycles. The predicted octanol–water partition coefficient (Wildman–Crippen LogP) is 1.25. The highest BCUT2D eigenvalue weighted by Crippen LogP contribution is 2.34. The Balaban J connectivity index is 2.21. The van der Waals surface area contributed by atoms with E-state index in [4.69, 9.17) is 14.1 Å². The molecule has 0 aromatic heterocycles. The Morgan fingerprint density at radius 2 is 2.10 bits per heavy atom. The zero-order valence-electron chi connectivity index (χ0n) is 16.6. The molecular weight excluding hydrogens is 404 g/mol. The smallest absolute Gasteiger partial charge is 0.534 e. The van der Waals surface area contributed by atoms with E-state index in [2.05, 4.69) is 5.32 Å². The van der Waals surface area contributed by atoms with Crippen LogP contribution in [0.2, 0.25) is 0 Å². The molecule has 0 saturated carbocycles. The maximum absolute atomic E-state index is 14.4. The molecule has 158 valence electrons. The van der Waals surface area contributed by atoms with Crippen LogP contribution in [-0.4, -0.2) is 54.7 Å². The quantitative estimate of drug-likeness (QED) is 0.380. The fourth-order valence-electron chi connectivity index (χ4n) is 2.73. The Kier molecular flexibility index (Phi) is 7.92. The highest BCUT2D eigenvalue weighted by atomic mass is 32.2. The molecule has 11 heteroatoms. The number of rotatable bonds is 7. The van der Waals surface area contributed by atoms with Crippen molar-refractivity contribution in [2.24, 2.45) is 5.92 Å². The normalized spacial score (nSPS) is 15.4. The Morgan fingerprint density at radius 1 is 1.41 bits per heavy atom. The molecular formula is C18H23BFNO7S. The number of ether oxygens (including phenoxy) is 2. The third kappa shape index (κ3) is 5.63. The summed E-state index contributed by atoms with van der Waals surface area (Å²) in [5.74, 6) is -3.47. The fraction of sp³-hybridized carbons (Fsp3) is 0.500. The molecule has 1 aromatic rings. The summed E-state index contributed by atoms with van der Waals surface area (Å²) in [6.45, 7) is 3.99. The highest BCUT2D eigenvalue weighted by Gasteiger charge is 2.39. The summed E-state index contributed by atoms with van der Waals surface area (Å²) in [4.78, 5) is 35.7. The van der Waals surface area contributed by atoms with Crippen LogP contribution >= 0.6 is 11.8 Å². The highest BCUT2D eigenvalue weighted by molar-refractivity contribution is 7.99. The first kappa shape index (κ1) is 23.0. The number of halogens is 1. The molecule has 8 nitrogen and oxygen atoms in total. The zero-order valence-corrected chi connectivity index (χ0v) is 17.4. The summed E-state index contributed by atoms with van der Waals surface area (Å²) < 4.78 is 29.6. The summed E-state index contributed by atoms with van der Waals surface area (Å²) in [7, 11) is -1.43. The SMILES string of the molecule is CSCC(=O)N[C@H]1Cc2cc(F)c(C)c(C(=O)OCOC(=O)C(C)C)c2OB1O. The van der Waals surface area contributed by atoms with Gasteiger partial charge in [-0.15, -0.1) is 0 Å². The molecule has 1 atom stereocenters. The number of nitrogens with one attached hydrogen (secondary N) is 1. The lowest BCUT2D eigenvalue weighted by molar-refractivity contribution is -0.155. The van der Waals surface area contributed by atoms with Crippen LogP contribution in [0.1, 0.15) is 35.3 Å². The van der Waals surface area contributed by atoms with E-state index in [1.807, 2.05) is 0 Å². The summed E-state index contributed by atoms with van der Waals surface area (Å²) >= 11 is 1.32. The van der Waals surface area contributed by atoms with Gasteiger partial charge in [-0.05, 0) is 31.2 Å². The second-order valence-corrected chi connectivity index (χ2v) is 7.70. The van der Waals surface area contributed by atoms with Crippen molar-refractivity contribution in [3.8, 4) is 5.75 Å². The summed E-state index contributed by atoms with van der Waals surface area (Å²) in [6.07, 6.45) is 1.83. The zero-order chi connectivity index (χ0) is 21.7. The minimum absolute atomic E-state index is 0.0213. The number of esters is 2. The minimum atomic E-state index is -1.43. The minimum Gasteiger partial charge on any atom is -0.534 e. The number of carbonyl (C=O) groups is 3. The maximum Gasteiger partial charge on any atom is 0.547 e. The van der Waals surface area contributed by atoms with Crippen molar-refractivity contribution in [3.05, 3.63) is 28.6 Å². The Morgan fingerprint density at radius 3 is 2.72 bits per heavy atom. The van der Waals surface area contributed by atoms with Crippen molar-refractivity contribution in [2.45, 2.75) is 33.1 Å². The van der Waals surface area contributed by atoms with Crippen molar-refractivity contribution in [1.29, 1.82) is 0 Å². The number of benzene rings is 1. The number of carbonyl (C=O) groups excluding carboxylic acids is 3. The van der Waals surface area contributed by atoms with Crippen molar-refractivity contribution in [1.82, 2.24) is 5.32 Å². The molecule has 1 heterocycles. The lowest BCUT2D eigenvalue weighted by atomic mass is 9.72. The van der Waals surface area contributed by atoms with Crippen molar-refractivity contribution >= 4 is 36.7 Å². The van der Waals surface area contributed by atoms with Crippen molar-refractivity contribution in [2.75, 3.05) is 18.8 Å². The first-order chi connectivity index (χ1) is 13.6. The standard InChI is InChI=1S/C18H23BFNO7S/c1-9(2)17(23)26-8-27-18(24)15-10(3)12(20)5-11-6-13(19(25)28-16(11)15)21-14(22)7-29-4/h5,9,13,25H,6-8H2,1-4H3,(H,21,22)/t13-/m0/s1. The number of hydrogen-bond acceptors (Lipinski definition) is 8. The van der Waals surface area contributed by atoms with E-state index < -0.39 is 43.5 Å². The lowest BCUT2D eigenvalue weighted by Crippen LogP contribution is -2.53. The first-order valence-electron chi connectivity index (χ1n) is 8.94. The fourth-order valence-corrected chi connectivity index (χ4v) is 3.08. The van der Waals surface area contributed by atoms with E-state index in [9.17, 15) is 23.8 Å². The first-order valence-corrected chi connectivity index (χ1v) is 10.3. The summed E-state index contributed by atoms with van der Waals surface area (Å²) in [5.41, 5.74) is 0.0773. The van der Waals surface area contributed by atoms with Crippen LogP contribution in [0.5, 0.6) is 5.75 Å². The van der Waals surface area contributed by atoms with Crippen LogP contribution in [0.15, 0.2) is 6.07 Å². The van der Waals surface area contributed by atoms with Gasteiger partial charge in [0.15, 0.2) is 0 Å². The van der Waals surface area contributed by atoms with E-state index in [-0.39, 0.29) is 35.0 Å². The largest absolute Gasteiger partial charge is 0.547 e. The molecule has 0 radical (unpaired) electrons. The van der Waals surface area contributed by atoms with Crippen LogP contribution in [-0.2, 0) is 25.5 Å². The number of fused-ring (bicyclic) bond motifs is 1. The van der Waals surface area contributed by atoms with Crippen LogP contribution in [0, 0.1) is 18.7 Å². The van der Waals surface area contributed by atoms with Gasteiger partial charge in [0.25, 0.3) is 0 Å². The maximum atomic E-state index is 14.4. The van der Waals surface area contributed by atoms with Gasteiger partial charge in [-0.1, -0.05) is 13.8 Å². The van der Waals surface area contributed by atoms with Crippen molar-refractivity contribution in [3.63, 3.8) is 0 Å². The number of thioether (sulfide) groups is 1. The van der Waals surface area contributed by atoms with E-state index in [0.717, 1.165) is 0 Å². The van der Waals surface area contributed by atoms with Crippen LogP contribution in [0.4, 0.5) is 4.39 Å². The molecule has 1 aliphatic rings. The van der Waals surface area contributed by atoms with E-state index in [1.165, 1.54) is 24.8 Å². The third-order valence-electron chi connectivity index (χ3n) is 4.26. The average Bonchev–Trinajstić information content (AvgIpc) is 2.64. The van der Waals surface area contributed by atoms with Gasteiger partial charge >= 0.3 is 19.1 Å². The van der Waals surface area contributed by atoms with Gasteiger partial charge in [-0.3, -0.25) is 9.59 Å².